The molecule has 0 aromatic rings. The number of nitrogens with two attached hydrogens (primary N) is 2. The molecule has 0 saturated heterocycles. The first-order valence-electron chi connectivity index (χ1n) is 4.66. The van der Waals surface area contributed by atoms with Crippen molar-refractivity contribution in [3.05, 3.63) is 0 Å². The van der Waals surface area contributed by atoms with E-state index < -0.39 is 24.0 Å². The normalized spacial score (nSPS) is 14.4. The molecule has 2 unspecified atom stereocenters. The van der Waals surface area contributed by atoms with E-state index in [0.717, 1.165) is 0 Å². The zero-order chi connectivity index (χ0) is 12.6. The van der Waals surface area contributed by atoms with Crippen LogP contribution in [-0.4, -0.2) is 45.7 Å². The summed E-state index contributed by atoms with van der Waals surface area (Å²) in [6.45, 7) is 0. The quantitative estimate of drug-likeness (QED) is 0.261. The van der Waals surface area contributed by atoms with E-state index in [4.69, 9.17) is 21.7 Å². The van der Waals surface area contributed by atoms with Crippen molar-refractivity contribution in [1.29, 1.82) is 0 Å². The van der Waals surface area contributed by atoms with Crippen LogP contribution >= 0.6 is 21.6 Å². The monoisotopic (exact) mass is 270 g/mol. The number of carboxylic acid groups (broad SMARTS) is 2. The zero-order valence-corrected chi connectivity index (χ0v) is 10.3. The Balaban J connectivity index is 3.34. The van der Waals surface area contributed by atoms with E-state index in [1.165, 1.54) is 21.6 Å². The first kappa shape index (κ1) is 15.6. The Hall–Kier alpha value is -0.440. The van der Waals surface area contributed by atoms with Crippen molar-refractivity contribution >= 4 is 33.5 Å². The number of carbonyl (C=O) groups is 2. The van der Waals surface area contributed by atoms with Crippen molar-refractivity contribution in [2.75, 3.05) is 11.5 Å². The molecule has 8 heteroatoms. The average molecular weight is 270 g/mol. The van der Waals surface area contributed by atoms with Gasteiger partial charge in [-0.15, -0.1) is 0 Å². The summed E-state index contributed by atoms with van der Waals surface area (Å²) in [5.41, 5.74) is 10.6. The summed E-state index contributed by atoms with van der Waals surface area (Å²) in [4.78, 5) is 20.7. The van der Waals surface area contributed by atoms with Crippen molar-refractivity contribution in [2.24, 2.45) is 11.5 Å². The maximum Gasteiger partial charge on any atom is 0.320 e. The summed E-state index contributed by atoms with van der Waals surface area (Å²) in [5.74, 6) is -0.752. The van der Waals surface area contributed by atoms with Gasteiger partial charge in [0.1, 0.15) is 12.1 Å². The van der Waals surface area contributed by atoms with Gasteiger partial charge in [-0.25, -0.2) is 0 Å². The Morgan fingerprint density at radius 3 is 1.50 bits per heavy atom. The predicted molar refractivity (Wildman–Crippen MR) is 65.4 cm³/mol. The average Bonchev–Trinajstić information content (AvgIpc) is 2.21. The molecule has 0 radical (unpaired) electrons. The Morgan fingerprint density at radius 1 is 0.938 bits per heavy atom. The lowest BCUT2D eigenvalue weighted by molar-refractivity contribution is -0.139. The van der Waals surface area contributed by atoms with Gasteiger partial charge in [0.25, 0.3) is 0 Å². The maximum atomic E-state index is 10.4. The molecule has 6 N–H and O–H groups in total. The van der Waals surface area contributed by atoms with Crippen LogP contribution in [0.3, 0.4) is 0 Å². The number of hydrogen-bond acceptors (Lipinski definition) is 6. The fourth-order valence-electron chi connectivity index (χ4n) is 0.715. The molecule has 0 aliphatic heterocycles. The summed E-state index contributed by atoms with van der Waals surface area (Å²) in [6, 6.07) is -1.65. The molecule has 0 aliphatic carbocycles. The largest absolute Gasteiger partial charge is 0.480 e. The highest BCUT2D eigenvalue weighted by atomic mass is 33.1. The van der Waals surface area contributed by atoms with Gasteiger partial charge in [0.15, 0.2) is 0 Å². The minimum atomic E-state index is -1.00. The minimum Gasteiger partial charge on any atom is -0.480 e. The van der Waals surface area contributed by atoms with Crippen LogP contribution in [0.25, 0.3) is 0 Å². The van der Waals surface area contributed by atoms with Crippen molar-refractivity contribution in [3.63, 3.8) is 0 Å². The van der Waals surface area contributed by atoms with Crippen molar-refractivity contribution < 1.29 is 19.8 Å². The molecule has 0 aliphatic rings. The highest BCUT2D eigenvalue weighted by molar-refractivity contribution is 8.76. The molecule has 0 aromatic carbocycles. The second-order valence-electron chi connectivity index (χ2n) is 3.11. The fourth-order valence-corrected chi connectivity index (χ4v) is 2.94. The van der Waals surface area contributed by atoms with Crippen molar-refractivity contribution in [3.8, 4) is 0 Å². The topological polar surface area (TPSA) is 127 Å². The summed E-state index contributed by atoms with van der Waals surface area (Å²) in [5, 5.41) is 17.0. The fraction of sp³-hybridized carbons (Fsp3) is 0.750. The molecule has 0 fully saturated rings. The van der Waals surface area contributed by atoms with Gasteiger partial charge in [-0.1, -0.05) is 21.6 Å². The van der Waals surface area contributed by atoms with Crippen LogP contribution in [0.1, 0.15) is 12.8 Å². The predicted octanol–water partition coefficient (Wildman–Crippen LogP) is -0.0282. The smallest absolute Gasteiger partial charge is 0.320 e. The van der Waals surface area contributed by atoms with Gasteiger partial charge in [-0.05, 0) is 12.8 Å². The first-order chi connectivity index (χ1) is 7.45. The first-order valence-corrected chi connectivity index (χ1v) is 7.15. The standard InChI is InChI=1S/C8H16N2O4S2/c9-5(7(11)12)1-3-15-16-4-2-6(10)8(13)14/h5-6H,1-4,9-10H2,(H,11,12)(H,13,14)/i7+1,8+1. The third-order valence-corrected chi connectivity index (χ3v) is 4.21. The van der Waals surface area contributed by atoms with E-state index >= 15 is 0 Å². The zero-order valence-electron chi connectivity index (χ0n) is 8.67. The summed E-state index contributed by atoms with van der Waals surface area (Å²) in [7, 11) is 2.96. The lowest BCUT2D eigenvalue weighted by Crippen LogP contribution is -2.30. The summed E-state index contributed by atoms with van der Waals surface area (Å²) in [6.07, 6.45) is 0.802. The Bertz CT molecular complexity index is 216. The van der Waals surface area contributed by atoms with Gasteiger partial charge in [0, 0.05) is 11.5 Å². The summed E-state index contributed by atoms with van der Waals surface area (Å²) < 4.78 is 0. The lowest BCUT2D eigenvalue weighted by atomic mass is 10.4. The van der Waals surface area contributed by atoms with Crippen LogP contribution in [0, 0.1) is 0 Å². The van der Waals surface area contributed by atoms with Crippen molar-refractivity contribution in [1.82, 2.24) is 0 Å². The molecule has 16 heavy (non-hydrogen) atoms. The minimum absolute atomic E-state index is 0.401. The van der Waals surface area contributed by atoms with E-state index in [2.05, 4.69) is 0 Å². The van der Waals surface area contributed by atoms with Gasteiger partial charge in [-0.3, -0.25) is 9.59 Å². The third kappa shape index (κ3) is 7.80. The van der Waals surface area contributed by atoms with Gasteiger partial charge in [0.2, 0.25) is 0 Å². The molecule has 94 valence electrons. The Kier molecular flexibility index (Phi) is 8.44. The summed E-state index contributed by atoms with van der Waals surface area (Å²) >= 11 is 0. The van der Waals surface area contributed by atoms with Gasteiger partial charge < -0.3 is 21.7 Å². The van der Waals surface area contributed by atoms with Crippen LogP contribution in [0.2, 0.25) is 0 Å². The molecule has 0 heterocycles. The molecule has 2 atom stereocenters. The molecule has 6 nitrogen and oxygen atoms in total. The molecule has 0 rings (SSSR count). The van der Waals surface area contributed by atoms with Crippen LogP contribution in [-0.2, 0) is 9.59 Å². The van der Waals surface area contributed by atoms with E-state index in [0.29, 0.717) is 24.3 Å². The molecule has 0 saturated carbocycles. The number of rotatable bonds is 9. The van der Waals surface area contributed by atoms with Gasteiger partial charge in [0.05, 0.1) is 0 Å². The third-order valence-electron chi connectivity index (χ3n) is 1.74. The van der Waals surface area contributed by atoms with Crippen molar-refractivity contribution in [2.45, 2.75) is 24.9 Å². The van der Waals surface area contributed by atoms with E-state index in [1.807, 2.05) is 0 Å². The molecular weight excluding hydrogens is 254 g/mol. The molecule has 0 bridgehead atoms. The highest BCUT2D eigenvalue weighted by Crippen LogP contribution is 2.23. The number of carboxylic acids is 2. The Morgan fingerprint density at radius 2 is 1.25 bits per heavy atom. The second-order valence-corrected chi connectivity index (χ2v) is 5.81. The van der Waals surface area contributed by atoms with Gasteiger partial charge in [-0.2, -0.15) is 0 Å². The number of hydrogen-bond donors (Lipinski definition) is 4. The Labute approximate surface area is 102 Å². The molecule has 0 amide bonds. The van der Waals surface area contributed by atoms with E-state index in [1.54, 1.807) is 0 Å². The molecular formula is C8H16N2O4S2. The maximum absolute atomic E-state index is 10.4. The molecule has 0 aromatic heterocycles. The molecule has 0 spiro atoms. The lowest BCUT2D eigenvalue weighted by Gasteiger charge is -2.06. The SMILES string of the molecule is NC(CCSSCCC(N)[13C](=O)O)[13C](=O)O. The van der Waals surface area contributed by atoms with Crippen LogP contribution in [0.5, 0.6) is 0 Å². The highest BCUT2D eigenvalue weighted by Gasteiger charge is 2.12. The van der Waals surface area contributed by atoms with Crippen LogP contribution in [0.15, 0.2) is 0 Å². The number of aliphatic carboxylic acids is 2. The van der Waals surface area contributed by atoms with Crippen LogP contribution in [0.4, 0.5) is 0 Å². The van der Waals surface area contributed by atoms with Crippen LogP contribution < -0.4 is 11.5 Å². The van der Waals surface area contributed by atoms with Gasteiger partial charge >= 0.3 is 11.9 Å². The second kappa shape index (κ2) is 8.68. The van der Waals surface area contributed by atoms with E-state index in [-0.39, 0.29) is 0 Å². The van der Waals surface area contributed by atoms with E-state index in [9.17, 15) is 9.59 Å².